The van der Waals surface area contributed by atoms with Gasteiger partial charge in [-0.3, -0.25) is 9.97 Å². The number of nitrogens with zero attached hydrogens (tertiary/aromatic N) is 2. The van der Waals surface area contributed by atoms with Crippen molar-refractivity contribution in [2.45, 2.75) is 12.2 Å². The Labute approximate surface area is 115 Å². The molecule has 2 aromatic rings. The number of benzene rings is 1. The van der Waals surface area contributed by atoms with Crippen molar-refractivity contribution in [2.24, 2.45) is 5.73 Å². The monoisotopic (exact) mass is 331 g/mol. The second kappa shape index (κ2) is 5.26. The van der Waals surface area contributed by atoms with Gasteiger partial charge in [0.05, 0.1) is 23.5 Å². The van der Waals surface area contributed by atoms with Gasteiger partial charge in [-0.15, -0.1) is 0 Å². The van der Waals surface area contributed by atoms with E-state index in [0.717, 1.165) is 12.1 Å². The second-order valence-corrected chi connectivity index (χ2v) is 4.70. The van der Waals surface area contributed by atoms with Crippen LogP contribution in [0.3, 0.4) is 0 Å². The Hall–Kier alpha value is -1.47. The van der Waals surface area contributed by atoms with Gasteiger partial charge in [0.25, 0.3) is 0 Å². The summed E-state index contributed by atoms with van der Waals surface area (Å²) >= 11 is 3.20. The molecular formula is C12H9BrF3N3. The highest BCUT2D eigenvalue weighted by Crippen LogP contribution is 2.34. The van der Waals surface area contributed by atoms with Crippen LogP contribution in [-0.2, 0) is 6.18 Å². The van der Waals surface area contributed by atoms with Gasteiger partial charge in [-0.25, -0.2) is 0 Å². The van der Waals surface area contributed by atoms with Crippen molar-refractivity contribution in [1.82, 2.24) is 9.97 Å². The van der Waals surface area contributed by atoms with E-state index >= 15 is 0 Å². The number of halogens is 4. The van der Waals surface area contributed by atoms with Gasteiger partial charge in [-0.05, 0) is 23.8 Å². The molecule has 0 aliphatic rings. The van der Waals surface area contributed by atoms with E-state index in [1.165, 1.54) is 24.7 Å². The van der Waals surface area contributed by atoms with Gasteiger partial charge in [-0.2, -0.15) is 13.2 Å². The molecule has 0 fully saturated rings. The van der Waals surface area contributed by atoms with Crippen molar-refractivity contribution < 1.29 is 13.2 Å². The van der Waals surface area contributed by atoms with E-state index in [1.54, 1.807) is 0 Å². The Balaban J connectivity index is 2.45. The first-order chi connectivity index (χ1) is 8.89. The molecule has 0 amide bonds. The standard InChI is InChI=1S/C12H9BrF3N3/c13-9-2-1-7(12(14,15)16)5-8(9)11(17)10-6-18-3-4-19-10/h1-6,11H,17H2. The van der Waals surface area contributed by atoms with E-state index in [1.807, 2.05) is 0 Å². The first-order valence-electron chi connectivity index (χ1n) is 5.27. The molecule has 0 aliphatic carbocycles. The highest BCUT2D eigenvalue weighted by molar-refractivity contribution is 9.10. The van der Waals surface area contributed by atoms with Gasteiger partial charge in [0, 0.05) is 16.9 Å². The Morgan fingerprint density at radius 2 is 1.95 bits per heavy atom. The number of hydrogen-bond donors (Lipinski definition) is 1. The summed E-state index contributed by atoms with van der Waals surface area (Å²) in [6.45, 7) is 0. The van der Waals surface area contributed by atoms with Crippen LogP contribution in [0.5, 0.6) is 0 Å². The maximum atomic E-state index is 12.7. The van der Waals surface area contributed by atoms with Crippen LogP contribution in [0.1, 0.15) is 22.9 Å². The van der Waals surface area contributed by atoms with Crippen molar-refractivity contribution in [3.8, 4) is 0 Å². The molecule has 0 aliphatic heterocycles. The Morgan fingerprint density at radius 3 is 2.53 bits per heavy atom. The number of aromatic nitrogens is 2. The van der Waals surface area contributed by atoms with E-state index in [4.69, 9.17) is 5.73 Å². The van der Waals surface area contributed by atoms with Gasteiger partial charge < -0.3 is 5.73 Å². The maximum Gasteiger partial charge on any atom is 0.416 e. The lowest BCUT2D eigenvalue weighted by Crippen LogP contribution is -2.16. The molecule has 2 rings (SSSR count). The summed E-state index contributed by atoms with van der Waals surface area (Å²) in [5, 5.41) is 0. The fraction of sp³-hybridized carbons (Fsp3) is 0.167. The number of hydrogen-bond acceptors (Lipinski definition) is 3. The van der Waals surface area contributed by atoms with E-state index < -0.39 is 17.8 Å². The van der Waals surface area contributed by atoms with Gasteiger partial charge in [-0.1, -0.05) is 15.9 Å². The van der Waals surface area contributed by atoms with Crippen LogP contribution in [0.2, 0.25) is 0 Å². The molecule has 1 atom stereocenters. The van der Waals surface area contributed by atoms with Crippen LogP contribution in [0, 0.1) is 0 Å². The number of nitrogens with two attached hydrogens (primary N) is 1. The summed E-state index contributed by atoms with van der Waals surface area (Å²) in [6.07, 6.45) is -0.0665. The zero-order chi connectivity index (χ0) is 14.0. The van der Waals surface area contributed by atoms with Gasteiger partial charge >= 0.3 is 6.18 Å². The predicted molar refractivity (Wildman–Crippen MR) is 67.2 cm³/mol. The number of alkyl halides is 3. The summed E-state index contributed by atoms with van der Waals surface area (Å²) in [6, 6.07) is 2.57. The van der Waals surface area contributed by atoms with Crippen molar-refractivity contribution in [1.29, 1.82) is 0 Å². The molecule has 1 unspecified atom stereocenters. The summed E-state index contributed by atoms with van der Waals surface area (Å²) < 4.78 is 38.5. The molecule has 0 radical (unpaired) electrons. The summed E-state index contributed by atoms with van der Waals surface area (Å²) in [7, 11) is 0. The molecule has 0 spiro atoms. The van der Waals surface area contributed by atoms with E-state index in [9.17, 15) is 13.2 Å². The SMILES string of the molecule is NC(c1cnccn1)c1cc(C(F)(F)F)ccc1Br. The summed E-state index contributed by atoms with van der Waals surface area (Å²) in [5.74, 6) is 0. The van der Waals surface area contributed by atoms with Crippen molar-refractivity contribution in [3.05, 3.63) is 58.1 Å². The topological polar surface area (TPSA) is 51.8 Å². The summed E-state index contributed by atoms with van der Waals surface area (Å²) in [4.78, 5) is 7.85. The third-order valence-corrected chi connectivity index (χ3v) is 3.28. The van der Waals surface area contributed by atoms with Crippen LogP contribution in [0.15, 0.2) is 41.3 Å². The first-order valence-corrected chi connectivity index (χ1v) is 6.07. The normalized spacial score (nSPS) is 13.3. The van der Waals surface area contributed by atoms with Gasteiger partial charge in [0.1, 0.15) is 0 Å². The predicted octanol–water partition coefficient (Wildman–Crippen LogP) is 3.31. The molecule has 3 nitrogen and oxygen atoms in total. The molecule has 0 saturated carbocycles. The van der Waals surface area contributed by atoms with E-state index in [0.29, 0.717) is 15.7 Å². The van der Waals surface area contributed by atoms with Crippen LogP contribution in [0.4, 0.5) is 13.2 Å². The Morgan fingerprint density at radius 1 is 1.21 bits per heavy atom. The van der Waals surface area contributed by atoms with Gasteiger partial charge in [0.2, 0.25) is 0 Å². The van der Waals surface area contributed by atoms with Crippen LogP contribution < -0.4 is 5.73 Å². The molecule has 1 aromatic carbocycles. The smallest absolute Gasteiger partial charge is 0.319 e. The highest BCUT2D eigenvalue weighted by Gasteiger charge is 2.31. The fourth-order valence-corrected chi connectivity index (χ4v) is 2.08. The maximum absolute atomic E-state index is 12.7. The van der Waals surface area contributed by atoms with Crippen molar-refractivity contribution in [2.75, 3.05) is 0 Å². The van der Waals surface area contributed by atoms with Crippen LogP contribution in [0.25, 0.3) is 0 Å². The third-order valence-electron chi connectivity index (χ3n) is 2.56. The lowest BCUT2D eigenvalue weighted by Gasteiger charge is -2.15. The van der Waals surface area contributed by atoms with E-state index in [-0.39, 0.29) is 0 Å². The second-order valence-electron chi connectivity index (χ2n) is 3.84. The fourth-order valence-electron chi connectivity index (χ4n) is 1.59. The van der Waals surface area contributed by atoms with Crippen LogP contribution in [-0.4, -0.2) is 9.97 Å². The molecule has 1 heterocycles. The minimum absolute atomic E-state index is 0.315. The lowest BCUT2D eigenvalue weighted by molar-refractivity contribution is -0.137. The Bertz CT molecular complexity index is 572. The molecule has 7 heteroatoms. The quantitative estimate of drug-likeness (QED) is 0.918. The van der Waals surface area contributed by atoms with Crippen LogP contribution >= 0.6 is 15.9 Å². The zero-order valence-corrected chi connectivity index (χ0v) is 11.1. The van der Waals surface area contributed by atoms with E-state index in [2.05, 4.69) is 25.9 Å². The Kier molecular flexibility index (Phi) is 3.86. The molecule has 0 bridgehead atoms. The van der Waals surface area contributed by atoms with Crippen molar-refractivity contribution >= 4 is 15.9 Å². The zero-order valence-electron chi connectivity index (χ0n) is 9.53. The minimum atomic E-state index is -4.41. The molecule has 19 heavy (non-hydrogen) atoms. The average Bonchev–Trinajstić information content (AvgIpc) is 2.38. The highest BCUT2D eigenvalue weighted by atomic mass is 79.9. The largest absolute Gasteiger partial charge is 0.416 e. The van der Waals surface area contributed by atoms with Crippen molar-refractivity contribution in [3.63, 3.8) is 0 Å². The average molecular weight is 332 g/mol. The number of rotatable bonds is 2. The molecule has 2 N–H and O–H groups in total. The molecule has 100 valence electrons. The lowest BCUT2D eigenvalue weighted by atomic mass is 10.0. The first kappa shape index (κ1) is 14.0. The molecule has 0 saturated heterocycles. The third kappa shape index (κ3) is 3.10. The molecule has 1 aromatic heterocycles. The van der Waals surface area contributed by atoms with Gasteiger partial charge in [0.15, 0.2) is 0 Å². The minimum Gasteiger partial charge on any atom is -0.319 e. The molecular weight excluding hydrogens is 323 g/mol. The summed E-state index contributed by atoms with van der Waals surface area (Å²) in [5.41, 5.74) is 5.90.